The fourth-order valence-corrected chi connectivity index (χ4v) is 1.75. The first-order valence-corrected chi connectivity index (χ1v) is 5.12. The van der Waals surface area contributed by atoms with Crippen LogP contribution in [0.5, 0.6) is 17.2 Å². The lowest BCUT2D eigenvalue weighted by Gasteiger charge is -2.16. The Labute approximate surface area is 104 Å². The molecule has 0 spiro atoms. The van der Waals surface area contributed by atoms with E-state index < -0.39 is 5.97 Å². The van der Waals surface area contributed by atoms with Crippen LogP contribution in [0.1, 0.15) is 5.56 Å². The number of ether oxygens (including phenoxy) is 3. The highest BCUT2D eigenvalue weighted by Crippen LogP contribution is 2.43. The molecule has 1 N–H and O–H groups in total. The van der Waals surface area contributed by atoms with E-state index in [1.165, 1.54) is 27.4 Å². The van der Waals surface area contributed by atoms with E-state index in [0.29, 0.717) is 17.1 Å². The number of carbonyl (C=O) groups is 1. The maximum absolute atomic E-state index is 10.8. The van der Waals surface area contributed by atoms with Gasteiger partial charge in [0.2, 0.25) is 5.75 Å². The maximum atomic E-state index is 10.8. The standard InChI is InChI=1S/C11H13ClO5/c1-15-8-5-7(12)6(4-9(13)14)10(16-2)11(8)17-3/h5H,4H2,1-3H3,(H,13,14). The molecule has 0 aromatic heterocycles. The highest BCUT2D eigenvalue weighted by Gasteiger charge is 2.21. The van der Waals surface area contributed by atoms with Gasteiger partial charge in [-0.25, -0.2) is 0 Å². The summed E-state index contributed by atoms with van der Waals surface area (Å²) in [7, 11) is 4.32. The minimum Gasteiger partial charge on any atom is -0.493 e. The average Bonchev–Trinajstić information content (AvgIpc) is 2.30. The van der Waals surface area contributed by atoms with Crippen molar-refractivity contribution in [3.63, 3.8) is 0 Å². The van der Waals surface area contributed by atoms with E-state index in [9.17, 15) is 4.79 Å². The van der Waals surface area contributed by atoms with E-state index in [0.717, 1.165) is 0 Å². The summed E-state index contributed by atoms with van der Waals surface area (Å²) in [6.45, 7) is 0. The summed E-state index contributed by atoms with van der Waals surface area (Å²) in [6, 6.07) is 1.50. The fraction of sp³-hybridized carbons (Fsp3) is 0.364. The Balaban J connectivity index is 3.43. The Kier molecular flexibility index (Phi) is 4.45. The van der Waals surface area contributed by atoms with Crippen LogP contribution >= 0.6 is 11.6 Å². The number of carboxylic acids is 1. The maximum Gasteiger partial charge on any atom is 0.308 e. The number of methoxy groups -OCH3 is 3. The van der Waals surface area contributed by atoms with Gasteiger partial charge >= 0.3 is 5.97 Å². The Morgan fingerprint density at radius 2 is 1.82 bits per heavy atom. The summed E-state index contributed by atoms with van der Waals surface area (Å²) in [4.78, 5) is 10.8. The third-order valence-corrected chi connectivity index (χ3v) is 2.54. The molecule has 0 fully saturated rings. The second-order valence-electron chi connectivity index (χ2n) is 3.18. The predicted octanol–water partition coefficient (Wildman–Crippen LogP) is 1.99. The molecule has 94 valence electrons. The first kappa shape index (κ1) is 13.4. The lowest BCUT2D eigenvalue weighted by atomic mass is 10.1. The van der Waals surface area contributed by atoms with Gasteiger partial charge in [0, 0.05) is 11.6 Å². The van der Waals surface area contributed by atoms with Gasteiger partial charge in [0.15, 0.2) is 11.5 Å². The molecule has 0 saturated carbocycles. The predicted molar refractivity (Wildman–Crippen MR) is 62.4 cm³/mol. The Morgan fingerprint density at radius 1 is 1.24 bits per heavy atom. The lowest BCUT2D eigenvalue weighted by Crippen LogP contribution is -2.05. The van der Waals surface area contributed by atoms with Crippen LogP contribution in [0.3, 0.4) is 0 Å². The molecule has 0 aliphatic carbocycles. The number of carboxylic acid groups (broad SMARTS) is 1. The first-order chi connectivity index (χ1) is 8.04. The number of halogens is 1. The van der Waals surface area contributed by atoms with E-state index in [2.05, 4.69) is 0 Å². The second-order valence-corrected chi connectivity index (χ2v) is 3.58. The van der Waals surface area contributed by atoms with Gasteiger partial charge in [0.1, 0.15) is 0 Å². The van der Waals surface area contributed by atoms with Crippen molar-refractivity contribution in [2.24, 2.45) is 0 Å². The van der Waals surface area contributed by atoms with Crippen LogP contribution in [0.2, 0.25) is 5.02 Å². The summed E-state index contributed by atoms with van der Waals surface area (Å²) in [5, 5.41) is 9.08. The van der Waals surface area contributed by atoms with Crippen LogP contribution < -0.4 is 14.2 Å². The summed E-state index contributed by atoms with van der Waals surface area (Å²) in [6.07, 6.45) is -0.248. The summed E-state index contributed by atoms with van der Waals surface area (Å²) in [5.41, 5.74) is 0.360. The van der Waals surface area contributed by atoms with Gasteiger partial charge < -0.3 is 19.3 Å². The van der Waals surface area contributed by atoms with Crippen LogP contribution in [-0.4, -0.2) is 32.4 Å². The topological polar surface area (TPSA) is 65.0 Å². The SMILES string of the molecule is COc1cc(Cl)c(CC(=O)O)c(OC)c1OC. The second kappa shape index (κ2) is 5.63. The zero-order valence-corrected chi connectivity index (χ0v) is 10.5. The molecule has 0 aliphatic heterocycles. The van der Waals surface area contributed by atoms with E-state index in [1.54, 1.807) is 0 Å². The third-order valence-electron chi connectivity index (χ3n) is 2.21. The molecule has 0 heterocycles. The van der Waals surface area contributed by atoms with Crippen LogP contribution in [0.15, 0.2) is 6.07 Å². The molecule has 0 saturated heterocycles. The van der Waals surface area contributed by atoms with Crippen LogP contribution in [0, 0.1) is 0 Å². The van der Waals surface area contributed by atoms with Gasteiger partial charge in [-0.3, -0.25) is 4.79 Å². The monoisotopic (exact) mass is 260 g/mol. The number of aliphatic carboxylic acids is 1. The van der Waals surface area contributed by atoms with Crippen molar-refractivity contribution in [3.8, 4) is 17.2 Å². The van der Waals surface area contributed by atoms with Gasteiger partial charge in [0.05, 0.1) is 32.8 Å². The van der Waals surface area contributed by atoms with Crippen LogP contribution in [0.4, 0.5) is 0 Å². The molecule has 1 aromatic rings. The summed E-state index contributed by atoms with van der Waals surface area (Å²) < 4.78 is 15.4. The quantitative estimate of drug-likeness (QED) is 0.877. The molecule has 0 unspecified atom stereocenters. The highest BCUT2D eigenvalue weighted by atomic mass is 35.5. The molecule has 0 atom stereocenters. The van der Waals surface area contributed by atoms with Crippen molar-refractivity contribution in [2.45, 2.75) is 6.42 Å². The van der Waals surface area contributed by atoms with Crippen LogP contribution in [-0.2, 0) is 11.2 Å². The van der Waals surface area contributed by atoms with Crippen molar-refractivity contribution in [3.05, 3.63) is 16.7 Å². The smallest absolute Gasteiger partial charge is 0.308 e. The first-order valence-electron chi connectivity index (χ1n) is 4.74. The van der Waals surface area contributed by atoms with Crippen LogP contribution in [0.25, 0.3) is 0 Å². The fourth-order valence-electron chi connectivity index (χ4n) is 1.50. The molecule has 0 aliphatic rings. The summed E-state index contributed by atoms with van der Waals surface area (Å²) in [5.74, 6) is -0.00388. The zero-order valence-electron chi connectivity index (χ0n) is 9.74. The number of rotatable bonds is 5. The molecule has 17 heavy (non-hydrogen) atoms. The van der Waals surface area contributed by atoms with Crippen molar-refractivity contribution >= 4 is 17.6 Å². The largest absolute Gasteiger partial charge is 0.493 e. The Hall–Kier alpha value is -1.62. The Morgan fingerprint density at radius 3 is 2.24 bits per heavy atom. The average molecular weight is 261 g/mol. The molecule has 0 amide bonds. The van der Waals surface area contributed by atoms with Gasteiger partial charge in [-0.15, -0.1) is 0 Å². The lowest BCUT2D eigenvalue weighted by molar-refractivity contribution is -0.136. The van der Waals surface area contributed by atoms with Gasteiger partial charge in [-0.05, 0) is 0 Å². The summed E-state index contributed by atoms with van der Waals surface area (Å²) >= 11 is 5.99. The third kappa shape index (κ3) is 2.74. The van der Waals surface area contributed by atoms with Gasteiger partial charge in [0.25, 0.3) is 0 Å². The molecular weight excluding hydrogens is 248 g/mol. The molecular formula is C11H13ClO5. The zero-order chi connectivity index (χ0) is 13.0. The number of hydrogen-bond donors (Lipinski definition) is 1. The minimum atomic E-state index is -1.00. The van der Waals surface area contributed by atoms with E-state index in [1.807, 2.05) is 0 Å². The van der Waals surface area contributed by atoms with Crippen molar-refractivity contribution in [2.75, 3.05) is 21.3 Å². The molecule has 1 aromatic carbocycles. The molecule has 1 rings (SSSR count). The van der Waals surface area contributed by atoms with Gasteiger partial charge in [-0.2, -0.15) is 0 Å². The number of benzene rings is 1. The van der Waals surface area contributed by atoms with E-state index >= 15 is 0 Å². The van der Waals surface area contributed by atoms with E-state index in [4.69, 9.17) is 30.9 Å². The van der Waals surface area contributed by atoms with E-state index in [-0.39, 0.29) is 17.2 Å². The molecule has 0 bridgehead atoms. The molecule has 6 heteroatoms. The highest BCUT2D eigenvalue weighted by molar-refractivity contribution is 6.32. The Bertz CT molecular complexity index is 430. The van der Waals surface area contributed by atoms with Crippen molar-refractivity contribution in [1.29, 1.82) is 0 Å². The minimum absolute atomic E-state index is 0.248. The van der Waals surface area contributed by atoms with Crippen molar-refractivity contribution in [1.82, 2.24) is 0 Å². The van der Waals surface area contributed by atoms with Gasteiger partial charge in [-0.1, -0.05) is 11.6 Å². The molecule has 5 nitrogen and oxygen atoms in total. The normalized spacial score (nSPS) is 9.88. The van der Waals surface area contributed by atoms with Crippen molar-refractivity contribution < 1.29 is 24.1 Å². The molecule has 0 radical (unpaired) electrons. The number of hydrogen-bond acceptors (Lipinski definition) is 4.